The van der Waals surface area contributed by atoms with Crippen LogP contribution >= 0.6 is 0 Å². The molecule has 0 bridgehead atoms. The van der Waals surface area contributed by atoms with Crippen molar-refractivity contribution < 1.29 is 23.5 Å². The lowest BCUT2D eigenvalue weighted by Crippen LogP contribution is -2.35. The summed E-state index contributed by atoms with van der Waals surface area (Å²) in [6.45, 7) is 2.45. The van der Waals surface area contributed by atoms with Gasteiger partial charge in [0.25, 0.3) is 5.91 Å². The van der Waals surface area contributed by atoms with Crippen LogP contribution in [0.4, 0.5) is 4.79 Å². The van der Waals surface area contributed by atoms with E-state index in [0.717, 1.165) is 27.8 Å². The smallest absolute Gasteiger partial charge is 0.321 e. The Labute approximate surface area is 218 Å². The molecule has 0 saturated carbocycles. The SMILES string of the molecule is CC(NC(=O)NC=O)c1cc2cnc(-c3cccc(C#N)c3)cc2o1.COc1ccc2c(c1)C(=O)N(C)C2. The third kappa shape index (κ3) is 5.63. The summed E-state index contributed by atoms with van der Waals surface area (Å²) >= 11 is 0. The summed E-state index contributed by atoms with van der Waals surface area (Å²) < 4.78 is 10.8. The van der Waals surface area contributed by atoms with Gasteiger partial charge in [-0.15, -0.1) is 0 Å². The van der Waals surface area contributed by atoms with Crippen molar-refractivity contribution in [2.75, 3.05) is 14.2 Å². The number of imide groups is 1. The Kier molecular flexibility index (Phi) is 7.68. The second kappa shape index (κ2) is 11.3. The van der Waals surface area contributed by atoms with Gasteiger partial charge in [0, 0.05) is 42.4 Å². The summed E-state index contributed by atoms with van der Waals surface area (Å²) in [7, 11) is 3.40. The number of benzene rings is 2. The molecule has 38 heavy (non-hydrogen) atoms. The molecule has 1 aliphatic heterocycles. The maximum atomic E-state index is 11.5. The molecular formula is C28H25N5O5. The summed E-state index contributed by atoms with van der Waals surface area (Å²) in [5.74, 6) is 1.36. The number of methoxy groups -OCH3 is 1. The first-order chi connectivity index (χ1) is 18.3. The number of ether oxygens (including phenoxy) is 1. The summed E-state index contributed by atoms with van der Waals surface area (Å²) in [6.07, 6.45) is 1.99. The number of nitrogens with zero attached hydrogens (tertiary/aromatic N) is 3. The lowest BCUT2D eigenvalue weighted by atomic mass is 10.1. The van der Waals surface area contributed by atoms with Gasteiger partial charge in [-0.3, -0.25) is 19.9 Å². The van der Waals surface area contributed by atoms with Crippen molar-refractivity contribution in [3.8, 4) is 23.1 Å². The molecular weight excluding hydrogens is 486 g/mol. The van der Waals surface area contributed by atoms with Gasteiger partial charge in [0.2, 0.25) is 6.41 Å². The fraction of sp³-hybridized carbons (Fsp3) is 0.179. The second-order valence-electron chi connectivity index (χ2n) is 8.59. The zero-order valence-electron chi connectivity index (χ0n) is 21.0. The number of hydrogen-bond donors (Lipinski definition) is 2. The molecule has 10 nitrogen and oxygen atoms in total. The number of amides is 4. The Morgan fingerprint density at radius 3 is 2.79 bits per heavy atom. The van der Waals surface area contributed by atoms with Crippen LogP contribution < -0.4 is 15.4 Å². The van der Waals surface area contributed by atoms with Gasteiger partial charge in [-0.1, -0.05) is 18.2 Å². The van der Waals surface area contributed by atoms with Gasteiger partial charge in [0.05, 0.1) is 30.5 Å². The van der Waals surface area contributed by atoms with Crippen molar-refractivity contribution >= 4 is 29.3 Å². The highest BCUT2D eigenvalue weighted by atomic mass is 16.5. The van der Waals surface area contributed by atoms with E-state index in [1.54, 1.807) is 68.6 Å². The highest BCUT2D eigenvalue weighted by molar-refractivity contribution is 5.98. The van der Waals surface area contributed by atoms with Crippen LogP contribution in [-0.2, 0) is 11.3 Å². The number of rotatable bonds is 5. The molecule has 192 valence electrons. The molecule has 3 heterocycles. The molecule has 0 radical (unpaired) electrons. The third-order valence-corrected chi connectivity index (χ3v) is 5.97. The maximum Gasteiger partial charge on any atom is 0.321 e. The third-order valence-electron chi connectivity index (χ3n) is 5.97. The average molecular weight is 512 g/mol. The van der Waals surface area contributed by atoms with Crippen molar-refractivity contribution in [2.24, 2.45) is 0 Å². The molecule has 0 spiro atoms. The van der Waals surface area contributed by atoms with Crippen molar-refractivity contribution in [3.05, 3.63) is 83.2 Å². The highest BCUT2D eigenvalue weighted by Gasteiger charge is 2.24. The number of aromatic nitrogens is 1. The predicted octanol–water partition coefficient (Wildman–Crippen LogP) is 4.16. The number of carbonyl (C=O) groups is 3. The van der Waals surface area contributed by atoms with Crippen LogP contribution in [0.5, 0.6) is 5.75 Å². The van der Waals surface area contributed by atoms with Gasteiger partial charge in [0.1, 0.15) is 17.1 Å². The minimum absolute atomic E-state index is 0.0777. The van der Waals surface area contributed by atoms with Crippen LogP contribution in [-0.4, -0.2) is 42.4 Å². The van der Waals surface area contributed by atoms with Gasteiger partial charge < -0.3 is 19.4 Å². The van der Waals surface area contributed by atoms with Crippen LogP contribution in [0.2, 0.25) is 0 Å². The molecule has 1 unspecified atom stereocenters. The monoisotopic (exact) mass is 511 g/mol. The Hall–Kier alpha value is -5.17. The van der Waals surface area contributed by atoms with Crippen molar-refractivity contribution in [1.82, 2.24) is 20.5 Å². The number of carbonyl (C=O) groups excluding carboxylic acids is 3. The van der Waals surface area contributed by atoms with E-state index in [2.05, 4.69) is 16.4 Å². The molecule has 2 aromatic carbocycles. The van der Waals surface area contributed by atoms with E-state index in [0.29, 0.717) is 35.6 Å². The molecule has 5 rings (SSSR count). The first kappa shape index (κ1) is 25.9. The van der Waals surface area contributed by atoms with Crippen molar-refractivity contribution in [1.29, 1.82) is 5.26 Å². The summed E-state index contributed by atoms with van der Waals surface area (Å²) in [5, 5.41) is 14.4. The summed E-state index contributed by atoms with van der Waals surface area (Å²) in [5.41, 5.74) is 4.51. The largest absolute Gasteiger partial charge is 0.497 e. The number of nitrogens with one attached hydrogen (secondary N) is 2. The average Bonchev–Trinajstić information content (AvgIpc) is 3.49. The number of fused-ring (bicyclic) bond motifs is 2. The lowest BCUT2D eigenvalue weighted by Gasteiger charge is -2.09. The number of furan rings is 1. The van der Waals surface area contributed by atoms with E-state index in [-0.39, 0.29) is 5.91 Å². The molecule has 1 aliphatic rings. The van der Waals surface area contributed by atoms with Crippen LogP contribution in [0.3, 0.4) is 0 Å². The van der Waals surface area contributed by atoms with Crippen molar-refractivity contribution in [2.45, 2.75) is 19.5 Å². The fourth-order valence-corrected chi connectivity index (χ4v) is 3.99. The number of urea groups is 1. The predicted molar refractivity (Wildman–Crippen MR) is 139 cm³/mol. The number of pyridine rings is 1. The standard InChI is InChI=1S/C18H14N4O3.C10H11NO2/c1-11(22-18(24)21-10-23)16-6-14-9-20-15(7-17(14)25-16)13-4-2-3-12(5-13)8-19;1-11-6-7-3-4-8(13-2)5-9(7)10(11)12/h2-7,9-11H,1H3,(H2,21,22,23,24);3-5H,6H2,1-2H3. The first-order valence-electron chi connectivity index (χ1n) is 11.7. The Bertz CT molecular complexity index is 1560. The van der Waals surface area contributed by atoms with Crippen molar-refractivity contribution in [3.63, 3.8) is 0 Å². The minimum atomic E-state index is -0.602. The minimum Gasteiger partial charge on any atom is -0.497 e. The quantitative estimate of drug-likeness (QED) is 0.384. The Morgan fingerprint density at radius 2 is 2.05 bits per heavy atom. The van der Waals surface area contributed by atoms with Crippen LogP contribution in [0.1, 0.15) is 40.2 Å². The molecule has 2 aromatic heterocycles. The van der Waals surface area contributed by atoms with Gasteiger partial charge in [-0.05, 0) is 42.8 Å². The highest BCUT2D eigenvalue weighted by Crippen LogP contribution is 2.28. The molecule has 0 fully saturated rings. The summed E-state index contributed by atoms with van der Waals surface area (Å²) in [6, 6.07) is 17.4. The molecule has 10 heteroatoms. The number of hydrogen-bond acceptors (Lipinski definition) is 7. The maximum absolute atomic E-state index is 11.5. The normalized spacial score (nSPS) is 12.6. The van der Waals surface area contributed by atoms with E-state index in [1.165, 1.54) is 0 Å². The van der Waals surface area contributed by atoms with Gasteiger partial charge in [-0.25, -0.2) is 4.79 Å². The molecule has 0 saturated heterocycles. The fourth-order valence-electron chi connectivity index (χ4n) is 3.99. The molecule has 4 amide bonds. The van der Waals surface area contributed by atoms with Crippen LogP contribution in [0.15, 0.2) is 65.2 Å². The van der Waals surface area contributed by atoms with Crippen LogP contribution in [0, 0.1) is 11.3 Å². The van der Waals surface area contributed by atoms with E-state index < -0.39 is 12.1 Å². The number of nitriles is 1. The van der Waals surface area contributed by atoms with Gasteiger partial charge in [0.15, 0.2) is 0 Å². The molecule has 1 atom stereocenters. The molecule has 0 aliphatic carbocycles. The summed E-state index contributed by atoms with van der Waals surface area (Å²) in [4.78, 5) is 39.3. The van der Waals surface area contributed by atoms with Gasteiger partial charge in [-0.2, -0.15) is 5.26 Å². The van der Waals surface area contributed by atoms with Gasteiger partial charge >= 0.3 is 6.03 Å². The topological polar surface area (TPSA) is 138 Å². The second-order valence-corrected chi connectivity index (χ2v) is 8.59. The zero-order chi connectivity index (χ0) is 27.2. The van der Waals surface area contributed by atoms with E-state index in [4.69, 9.17) is 14.4 Å². The Morgan fingerprint density at radius 1 is 1.24 bits per heavy atom. The van der Waals surface area contributed by atoms with E-state index in [1.807, 2.05) is 23.5 Å². The zero-order valence-corrected chi connectivity index (χ0v) is 21.0. The molecule has 2 N–H and O–H groups in total. The van der Waals surface area contributed by atoms with Crippen LogP contribution in [0.25, 0.3) is 22.2 Å². The molecule has 4 aromatic rings. The lowest BCUT2D eigenvalue weighted by molar-refractivity contribution is -0.108. The van der Waals surface area contributed by atoms with E-state index >= 15 is 0 Å². The Balaban J connectivity index is 0.000000216. The van der Waals surface area contributed by atoms with E-state index in [9.17, 15) is 14.4 Å². The first-order valence-corrected chi connectivity index (χ1v) is 11.7.